The van der Waals surface area contributed by atoms with Crippen LogP contribution in [-0.2, 0) is 4.79 Å². The van der Waals surface area contributed by atoms with Crippen LogP contribution in [0.25, 0.3) is 22.8 Å². The molecule has 0 bridgehead atoms. The SMILES string of the molecule is CC(Oc1ccccc1F)C(=O)Nc1ccccc1-c1nc(-c2ccc(F)cc2)no1. The number of para-hydroxylation sites is 2. The molecule has 1 atom stereocenters. The molecule has 0 aliphatic rings. The molecule has 1 heterocycles. The molecular weight excluding hydrogens is 404 g/mol. The summed E-state index contributed by atoms with van der Waals surface area (Å²) in [6.07, 6.45) is -0.956. The van der Waals surface area contributed by atoms with Gasteiger partial charge in [0.25, 0.3) is 11.8 Å². The van der Waals surface area contributed by atoms with E-state index in [1.165, 1.54) is 37.3 Å². The molecule has 1 N–H and O–H groups in total. The number of rotatable bonds is 6. The van der Waals surface area contributed by atoms with Gasteiger partial charge in [0.05, 0.1) is 11.3 Å². The summed E-state index contributed by atoms with van der Waals surface area (Å²) in [4.78, 5) is 16.9. The molecule has 1 aromatic heterocycles. The summed E-state index contributed by atoms with van der Waals surface area (Å²) < 4.78 is 37.7. The van der Waals surface area contributed by atoms with Crippen molar-refractivity contribution in [2.75, 3.05) is 5.32 Å². The molecule has 0 radical (unpaired) electrons. The summed E-state index contributed by atoms with van der Waals surface area (Å²) in [7, 11) is 0. The summed E-state index contributed by atoms with van der Waals surface area (Å²) >= 11 is 0. The Kier molecular flexibility index (Phi) is 5.70. The Balaban J connectivity index is 1.53. The van der Waals surface area contributed by atoms with Crippen molar-refractivity contribution in [2.24, 2.45) is 0 Å². The number of benzene rings is 3. The van der Waals surface area contributed by atoms with Gasteiger partial charge in [0.1, 0.15) is 5.82 Å². The van der Waals surface area contributed by atoms with Crippen LogP contribution in [-0.4, -0.2) is 22.2 Å². The van der Waals surface area contributed by atoms with E-state index in [2.05, 4.69) is 15.5 Å². The number of ether oxygens (including phenoxy) is 1. The van der Waals surface area contributed by atoms with Crippen molar-refractivity contribution >= 4 is 11.6 Å². The first-order valence-corrected chi connectivity index (χ1v) is 9.42. The van der Waals surface area contributed by atoms with Crippen molar-refractivity contribution in [1.82, 2.24) is 10.1 Å². The molecule has 0 fully saturated rings. The number of amides is 1. The molecule has 6 nitrogen and oxygen atoms in total. The van der Waals surface area contributed by atoms with Gasteiger partial charge in [0.15, 0.2) is 17.7 Å². The van der Waals surface area contributed by atoms with Gasteiger partial charge in [-0.25, -0.2) is 8.78 Å². The zero-order valence-electron chi connectivity index (χ0n) is 16.4. The fourth-order valence-corrected chi connectivity index (χ4v) is 2.85. The first kappa shape index (κ1) is 20.2. The standard InChI is InChI=1S/C23H17F2N3O3/c1-14(30-20-9-5-3-7-18(20)25)22(29)26-19-8-4-2-6-17(19)23-27-21(28-31-23)15-10-12-16(24)13-11-15/h2-14H,1H3,(H,26,29). The number of aromatic nitrogens is 2. The minimum atomic E-state index is -0.956. The predicted octanol–water partition coefficient (Wildman–Crippen LogP) is 5.09. The fourth-order valence-electron chi connectivity index (χ4n) is 2.85. The fraction of sp³-hybridized carbons (Fsp3) is 0.0870. The van der Waals surface area contributed by atoms with E-state index in [0.29, 0.717) is 16.8 Å². The smallest absolute Gasteiger partial charge is 0.265 e. The van der Waals surface area contributed by atoms with Gasteiger partial charge in [0, 0.05) is 5.56 Å². The van der Waals surface area contributed by atoms with Crippen molar-refractivity contribution in [3.05, 3.63) is 84.4 Å². The summed E-state index contributed by atoms with van der Waals surface area (Å²) in [6.45, 7) is 1.52. The molecule has 0 aliphatic carbocycles. The number of nitrogens with one attached hydrogen (secondary N) is 1. The Bertz CT molecular complexity index is 1210. The summed E-state index contributed by atoms with van der Waals surface area (Å²) in [5, 5.41) is 6.67. The van der Waals surface area contributed by atoms with Crippen LogP contribution in [0.15, 0.2) is 77.3 Å². The van der Waals surface area contributed by atoms with Gasteiger partial charge in [-0.2, -0.15) is 4.98 Å². The zero-order chi connectivity index (χ0) is 21.8. The van der Waals surface area contributed by atoms with Crippen LogP contribution in [0.5, 0.6) is 5.75 Å². The van der Waals surface area contributed by atoms with E-state index in [0.717, 1.165) is 0 Å². The summed E-state index contributed by atoms with van der Waals surface area (Å²) in [5.41, 5.74) is 1.51. The first-order chi connectivity index (χ1) is 15.0. The third kappa shape index (κ3) is 4.58. The highest BCUT2D eigenvalue weighted by atomic mass is 19.1. The minimum Gasteiger partial charge on any atom is -0.478 e. The largest absolute Gasteiger partial charge is 0.478 e. The van der Waals surface area contributed by atoms with Crippen molar-refractivity contribution in [3.63, 3.8) is 0 Å². The van der Waals surface area contributed by atoms with Crippen LogP contribution in [0.1, 0.15) is 6.92 Å². The molecule has 1 unspecified atom stereocenters. The Morgan fingerprint density at radius 2 is 1.71 bits per heavy atom. The van der Waals surface area contributed by atoms with E-state index in [9.17, 15) is 13.6 Å². The molecule has 0 saturated carbocycles. The maximum Gasteiger partial charge on any atom is 0.265 e. The van der Waals surface area contributed by atoms with E-state index in [4.69, 9.17) is 9.26 Å². The van der Waals surface area contributed by atoms with Crippen LogP contribution in [0, 0.1) is 11.6 Å². The van der Waals surface area contributed by atoms with Crippen molar-refractivity contribution in [3.8, 4) is 28.6 Å². The highest BCUT2D eigenvalue weighted by Gasteiger charge is 2.20. The quantitative estimate of drug-likeness (QED) is 0.469. The van der Waals surface area contributed by atoms with Crippen molar-refractivity contribution in [1.29, 1.82) is 0 Å². The average Bonchev–Trinajstić information content (AvgIpc) is 3.26. The van der Waals surface area contributed by atoms with Gasteiger partial charge in [-0.3, -0.25) is 4.79 Å². The number of halogens is 2. The zero-order valence-corrected chi connectivity index (χ0v) is 16.4. The van der Waals surface area contributed by atoms with Crippen molar-refractivity contribution < 1.29 is 22.8 Å². The van der Waals surface area contributed by atoms with Crippen LogP contribution in [0.4, 0.5) is 14.5 Å². The highest BCUT2D eigenvalue weighted by Crippen LogP contribution is 2.29. The van der Waals surface area contributed by atoms with Crippen LogP contribution >= 0.6 is 0 Å². The molecular formula is C23H17F2N3O3. The van der Waals surface area contributed by atoms with E-state index in [1.807, 2.05) is 0 Å². The molecule has 0 aliphatic heterocycles. The molecule has 31 heavy (non-hydrogen) atoms. The van der Waals surface area contributed by atoms with Crippen LogP contribution in [0.2, 0.25) is 0 Å². The second-order valence-electron chi connectivity index (χ2n) is 6.66. The normalized spacial score (nSPS) is 11.7. The minimum absolute atomic E-state index is 0.0146. The average molecular weight is 421 g/mol. The van der Waals surface area contributed by atoms with Gasteiger partial charge in [-0.05, 0) is 55.5 Å². The number of hydrogen-bond donors (Lipinski definition) is 1. The summed E-state index contributed by atoms with van der Waals surface area (Å²) in [6, 6.07) is 18.4. The Hall–Kier alpha value is -4.07. The lowest BCUT2D eigenvalue weighted by atomic mass is 10.1. The van der Waals surface area contributed by atoms with E-state index >= 15 is 0 Å². The highest BCUT2D eigenvalue weighted by molar-refractivity contribution is 5.97. The molecule has 0 spiro atoms. The number of nitrogens with zero attached hydrogens (tertiary/aromatic N) is 2. The van der Waals surface area contributed by atoms with Gasteiger partial charge in [-0.15, -0.1) is 0 Å². The van der Waals surface area contributed by atoms with Gasteiger partial charge < -0.3 is 14.6 Å². The maximum absolute atomic E-state index is 13.8. The third-order valence-electron chi connectivity index (χ3n) is 4.45. The molecule has 8 heteroatoms. The Labute approximate surface area is 176 Å². The third-order valence-corrected chi connectivity index (χ3v) is 4.45. The lowest BCUT2D eigenvalue weighted by molar-refractivity contribution is -0.122. The second-order valence-corrected chi connectivity index (χ2v) is 6.66. The Morgan fingerprint density at radius 3 is 2.48 bits per heavy atom. The first-order valence-electron chi connectivity index (χ1n) is 9.42. The molecule has 4 aromatic rings. The van der Waals surface area contributed by atoms with E-state index < -0.39 is 17.8 Å². The van der Waals surface area contributed by atoms with Gasteiger partial charge >= 0.3 is 0 Å². The van der Waals surface area contributed by atoms with E-state index in [-0.39, 0.29) is 23.3 Å². The van der Waals surface area contributed by atoms with Crippen LogP contribution < -0.4 is 10.1 Å². The molecule has 4 rings (SSSR count). The lowest BCUT2D eigenvalue weighted by Gasteiger charge is -2.16. The van der Waals surface area contributed by atoms with Gasteiger partial charge in [0.2, 0.25) is 5.82 Å². The van der Waals surface area contributed by atoms with E-state index in [1.54, 1.807) is 42.5 Å². The topological polar surface area (TPSA) is 77.2 Å². The number of carbonyl (C=O) groups excluding carboxylic acids is 1. The number of carbonyl (C=O) groups is 1. The number of anilines is 1. The monoisotopic (exact) mass is 421 g/mol. The van der Waals surface area contributed by atoms with Crippen molar-refractivity contribution in [2.45, 2.75) is 13.0 Å². The van der Waals surface area contributed by atoms with Crippen LogP contribution in [0.3, 0.4) is 0 Å². The molecule has 3 aromatic carbocycles. The predicted molar refractivity (Wildman–Crippen MR) is 110 cm³/mol. The molecule has 156 valence electrons. The molecule has 0 saturated heterocycles. The second kappa shape index (κ2) is 8.74. The summed E-state index contributed by atoms with van der Waals surface area (Å²) in [5.74, 6) is -0.951. The van der Waals surface area contributed by atoms with Gasteiger partial charge in [-0.1, -0.05) is 29.4 Å². The maximum atomic E-state index is 13.8. The Morgan fingerprint density at radius 1 is 1.00 bits per heavy atom. The lowest BCUT2D eigenvalue weighted by Crippen LogP contribution is -2.30. The molecule has 1 amide bonds. The number of hydrogen-bond acceptors (Lipinski definition) is 5.